The van der Waals surface area contributed by atoms with Gasteiger partial charge < -0.3 is 39.7 Å². The Morgan fingerprint density at radius 3 is 1.09 bits per heavy atom. The van der Waals surface area contributed by atoms with Crippen molar-refractivity contribution in [1.29, 1.82) is 0 Å². The number of amides is 3. The molecule has 5 N–H and O–H groups in total. The minimum Gasteiger partial charge on any atom is -0.396 e. The zero-order chi connectivity index (χ0) is 87.8. The molecule has 17 nitrogen and oxygen atoms in total. The minimum atomic E-state index is -3.02. The molecule has 3 aromatic heterocycles. The van der Waals surface area contributed by atoms with Crippen molar-refractivity contribution in [1.82, 2.24) is 29.7 Å². The summed E-state index contributed by atoms with van der Waals surface area (Å²) in [5, 5.41) is 53.4. The van der Waals surface area contributed by atoms with Crippen molar-refractivity contribution in [3.8, 4) is 0 Å². The molecule has 0 saturated heterocycles. The molecule has 108 heavy (non-hydrogen) atoms. The number of hydrogen-bond donors (Lipinski definition) is 5. The van der Waals surface area contributed by atoms with Crippen molar-refractivity contribution in [2.75, 3.05) is 46.0 Å². The van der Waals surface area contributed by atoms with Crippen LogP contribution >= 0.6 is 85.5 Å². The zero-order valence-corrected chi connectivity index (χ0v) is 63.1. The molecule has 4 atom stereocenters. The van der Waals surface area contributed by atoms with E-state index in [2.05, 4.69) is 37.5 Å². The topological polar surface area (TPSA) is 228 Å². The van der Waals surface area contributed by atoms with Crippen LogP contribution in [0.25, 0.3) is 5.57 Å². The maximum Gasteiger partial charge on any atom is 0.257 e. The van der Waals surface area contributed by atoms with Crippen LogP contribution in [0.3, 0.4) is 0 Å². The van der Waals surface area contributed by atoms with E-state index in [4.69, 9.17) is 100 Å². The first-order valence-corrected chi connectivity index (χ1v) is 36.4. The third kappa shape index (κ3) is 15.2. The first kappa shape index (κ1) is 64.3. The number of aromatic nitrogens is 3. The van der Waals surface area contributed by atoms with Crippen molar-refractivity contribution in [2.45, 2.75) is 94.8 Å². The Bertz CT molecular complexity index is 5530. The van der Waals surface area contributed by atoms with E-state index in [1.54, 1.807) is 31.2 Å². The van der Waals surface area contributed by atoms with Crippen molar-refractivity contribution >= 4 is 109 Å². The molecular formula is C81H72BrCl6F3N6O11. The summed E-state index contributed by atoms with van der Waals surface area (Å²) in [6.07, 6.45) is 3.82. The van der Waals surface area contributed by atoms with Gasteiger partial charge in [-0.25, -0.2) is 13.2 Å². The molecule has 3 amide bonds. The van der Waals surface area contributed by atoms with Crippen LogP contribution in [-0.4, -0.2) is 119 Å². The van der Waals surface area contributed by atoms with E-state index in [1.807, 2.05) is 0 Å². The number of pyridine rings is 3. The second-order valence-electron chi connectivity index (χ2n) is 27.0. The predicted molar refractivity (Wildman–Crippen MR) is 406 cm³/mol. The van der Waals surface area contributed by atoms with Crippen LogP contribution in [0.5, 0.6) is 0 Å². The Labute approximate surface area is 676 Å². The van der Waals surface area contributed by atoms with E-state index in [1.165, 1.54) is 135 Å². The number of carbonyl (C=O) groups excluding carboxylic acids is 3. The molecule has 3 aliphatic heterocycles. The van der Waals surface area contributed by atoms with Crippen LogP contribution in [-0.2, 0) is 56.6 Å². The monoisotopic (exact) mass is 1660 g/mol. The van der Waals surface area contributed by atoms with Gasteiger partial charge in [0, 0.05) is 71.1 Å². The first-order chi connectivity index (χ1) is 55.8. The standard InChI is InChI=1S/C28H27Cl2FN2O5.C28H25Cl2FN2O3.C25H20BrCl2FN2O3/c1-26(37,14-34)18-10-22-24(23(31)11-18)28(17-2-4-19(29)5-3-17,38-16-27(15-35)8-9-27)33(25(22)36)13-21-7-6-20(30)12-32-21;1-17(2)18-11-23-25(24(31)12-18)28(19-3-5-20(29)6-4-19,36-16-27(15-34)9-10-27)33(26(23)35)14-22-8-7-21(30)13-32-22;26-16-9-20-22(21(29)10-16)25(15-1-3-17(27)4-2-15,34-14-24(13-32)7-8-24)31(23(20)33)12-19-6-5-18(28)11-30-19/h2-7,10-12,34-35,37H,8-9,13-16H2,1H3;3-8,11-13,34H,1,9-10,14-16H2,2H3;1-6,9-11,32H,7-8,12-14H2/t26?,28-;28-;/m11./s1/i2*15D2,16D2;13D2,14D2. The molecule has 0 spiro atoms. The molecule has 2 unspecified atom stereocenters. The summed E-state index contributed by atoms with van der Waals surface area (Å²) in [6.45, 7) is -12.5. The summed E-state index contributed by atoms with van der Waals surface area (Å²) in [6, 6.07) is 34.3. The molecule has 6 aromatic carbocycles. The molecule has 15 rings (SSSR count). The quantitative estimate of drug-likeness (QED) is 0.0379. The summed E-state index contributed by atoms with van der Waals surface area (Å²) >= 11 is 39.6. The Morgan fingerprint density at radius 1 is 0.491 bits per heavy atom. The van der Waals surface area contributed by atoms with E-state index in [9.17, 15) is 39.9 Å². The van der Waals surface area contributed by atoms with Gasteiger partial charge in [0.2, 0.25) is 0 Å². The zero-order valence-electron chi connectivity index (χ0n) is 69.0. The second kappa shape index (κ2) is 31.1. The number of aliphatic hydroxyl groups excluding tert-OH is 1. The van der Waals surface area contributed by atoms with Crippen molar-refractivity contribution in [3.05, 3.63) is 301 Å². The molecule has 6 heterocycles. The van der Waals surface area contributed by atoms with Gasteiger partial charge in [-0.3, -0.25) is 44.0 Å². The lowest BCUT2D eigenvalue weighted by Gasteiger charge is -2.40. The number of fused-ring (bicyclic) bond motifs is 3. The van der Waals surface area contributed by atoms with Crippen molar-refractivity contribution in [2.24, 2.45) is 16.2 Å². The molecule has 6 aliphatic rings. The second-order valence-corrected chi connectivity index (χ2v) is 30.5. The van der Waals surface area contributed by atoms with Gasteiger partial charge in [0.15, 0.2) is 17.2 Å². The lowest BCUT2D eigenvalue weighted by molar-refractivity contribution is -0.131. The molecule has 3 saturated carbocycles. The maximum absolute atomic E-state index is 16.4. The molecule has 9 aromatic rings. The van der Waals surface area contributed by atoms with Crippen LogP contribution in [0.1, 0.15) is 161 Å². The third-order valence-electron chi connectivity index (χ3n) is 19.3. The van der Waals surface area contributed by atoms with Crippen molar-refractivity contribution < 1.29 is 83.7 Å². The lowest BCUT2D eigenvalue weighted by atomic mass is 9.88. The van der Waals surface area contributed by atoms with E-state index in [0.717, 1.165) is 26.8 Å². The summed E-state index contributed by atoms with van der Waals surface area (Å²) in [7, 11) is 0. The average Bonchev–Trinajstić information content (AvgIpc) is 1.53. The van der Waals surface area contributed by atoms with Crippen LogP contribution in [0.15, 0.2) is 175 Å². The average molecular weight is 1670 g/mol. The van der Waals surface area contributed by atoms with Crippen molar-refractivity contribution in [3.63, 3.8) is 0 Å². The Kier molecular flexibility index (Phi) is 18.5. The summed E-state index contributed by atoms with van der Waals surface area (Å²) in [5.74, 6) is -4.91. The number of halogens is 10. The maximum atomic E-state index is 16.4. The van der Waals surface area contributed by atoms with Gasteiger partial charge >= 0.3 is 0 Å². The molecule has 27 heteroatoms. The largest absolute Gasteiger partial charge is 0.396 e. The predicted octanol–water partition coefficient (Wildman–Crippen LogP) is 16.5. The van der Waals surface area contributed by atoms with Gasteiger partial charge in [0.25, 0.3) is 17.7 Å². The molecule has 0 radical (unpaired) electrons. The van der Waals surface area contributed by atoms with Crippen LogP contribution in [0.2, 0.25) is 30.1 Å². The number of benzene rings is 6. The normalized spacial score (nSPS) is 23.0. The highest BCUT2D eigenvalue weighted by Crippen LogP contribution is 2.56. The SMILES string of the molecule is [2H]C([2H])(O)C1(C([2H])([2H])OC2(c3ccc(Cl)cc3)c3c(F)cc(Br)cc3C(=O)N2Cc2ccc(Cl)cn2)CC1.[2H]C([2H])(O)C1(C([2H])([2H])O[C@]2(c3ccc(Cl)cc3)c3c(F)cc(C(=C)C)cc3C(=O)N2Cc2ccc(Cl)cn2)CC1.[2H]C([2H])(O)C1(C([2H])([2H])O[C@]2(c3ccc(Cl)cc3)c3c(F)cc(C(C)(O)CO)cc3C(=O)N2Cc2ccc(Cl)cn2)CC1. The van der Waals surface area contributed by atoms with Gasteiger partial charge in [0.05, 0.1) is 148 Å². The van der Waals surface area contributed by atoms with E-state index in [0.29, 0.717) is 47.6 Å². The highest BCUT2D eigenvalue weighted by Gasteiger charge is 2.60. The Morgan fingerprint density at radius 2 is 0.796 bits per heavy atom. The summed E-state index contributed by atoms with van der Waals surface area (Å²) in [5.41, 5.74) is -13.8. The molecule has 562 valence electrons. The van der Waals surface area contributed by atoms with Gasteiger partial charge in [-0.1, -0.05) is 134 Å². The highest BCUT2D eigenvalue weighted by atomic mass is 79.9. The fourth-order valence-corrected chi connectivity index (χ4v) is 13.9. The number of hydrogen-bond acceptors (Lipinski definition) is 14. The number of nitrogens with zero attached hydrogens (tertiary/aromatic N) is 6. The van der Waals surface area contributed by atoms with Crippen LogP contribution < -0.4 is 0 Å². The first-order valence-electron chi connectivity index (χ1n) is 39.3. The molecule has 3 aliphatic carbocycles. The van der Waals surface area contributed by atoms with Crippen LogP contribution in [0.4, 0.5) is 13.2 Å². The third-order valence-corrected chi connectivity index (χ3v) is 21.2. The lowest BCUT2D eigenvalue weighted by Crippen LogP contribution is -2.48. The number of rotatable bonds is 24. The molecular weight excluding hydrogens is 1580 g/mol. The number of allylic oxidation sites excluding steroid dienone is 1. The smallest absolute Gasteiger partial charge is 0.257 e. The Balaban J connectivity index is 0.000000156. The van der Waals surface area contributed by atoms with Gasteiger partial charge in [-0.2, -0.15) is 0 Å². The number of aliphatic hydroxyl groups is 5. The number of carbonyl (C=O) groups is 3. The van der Waals surface area contributed by atoms with Gasteiger partial charge in [-0.15, -0.1) is 0 Å². The fourth-order valence-electron chi connectivity index (χ4n) is 12.8. The highest BCUT2D eigenvalue weighted by molar-refractivity contribution is 9.10. The number of ether oxygens (including phenoxy) is 3. The minimum absolute atomic E-state index is 0.0252. The van der Waals surface area contributed by atoms with Crippen LogP contribution in [0, 0.1) is 33.7 Å². The van der Waals surface area contributed by atoms with E-state index >= 15 is 13.2 Å². The molecule has 0 bridgehead atoms. The van der Waals surface area contributed by atoms with Gasteiger partial charge in [-0.05, 0) is 173 Å². The molecule has 3 fully saturated rings. The Hall–Kier alpha value is -7.39. The summed E-state index contributed by atoms with van der Waals surface area (Å²) in [4.78, 5) is 58.4. The van der Waals surface area contributed by atoms with E-state index < -0.39 is 126 Å². The fraction of sp³-hybridized carbons (Fsp3) is 0.309. The van der Waals surface area contributed by atoms with Gasteiger partial charge in [0.1, 0.15) is 23.1 Å². The van der Waals surface area contributed by atoms with E-state index in [-0.39, 0.29) is 123 Å². The summed E-state index contributed by atoms with van der Waals surface area (Å²) < 4.78 is 169.